The summed E-state index contributed by atoms with van der Waals surface area (Å²) in [6.45, 7) is 3.05. The summed E-state index contributed by atoms with van der Waals surface area (Å²) >= 11 is 3.25. The molecule has 2 N–H and O–H groups in total. The van der Waals surface area contributed by atoms with Crippen molar-refractivity contribution in [2.75, 3.05) is 7.11 Å². The molecule has 16 heavy (non-hydrogen) atoms. The highest BCUT2D eigenvalue weighted by Gasteiger charge is 2.33. The number of phenolic OH excluding ortho intramolecular Hbond substituents is 1. The Bertz CT molecular complexity index is 426. The lowest BCUT2D eigenvalue weighted by Gasteiger charge is -2.22. The van der Waals surface area contributed by atoms with Gasteiger partial charge in [0.05, 0.1) is 12.5 Å². The van der Waals surface area contributed by atoms with Gasteiger partial charge >= 0.3 is 5.97 Å². The Balaban J connectivity index is 3.45. The number of halogens is 1. The lowest BCUT2D eigenvalue weighted by Crippen LogP contribution is -2.28. The van der Waals surface area contributed by atoms with Gasteiger partial charge in [-0.25, -0.2) is 0 Å². The van der Waals surface area contributed by atoms with Crippen LogP contribution in [0.4, 0.5) is 0 Å². The molecule has 0 saturated carbocycles. The first-order valence-corrected chi connectivity index (χ1v) is 5.40. The van der Waals surface area contributed by atoms with Crippen LogP contribution >= 0.6 is 15.9 Å². The fourth-order valence-corrected chi connectivity index (χ4v) is 1.76. The van der Waals surface area contributed by atoms with Crippen LogP contribution in [0.25, 0.3) is 0 Å². The number of carboxylic acids is 1. The van der Waals surface area contributed by atoms with Crippen LogP contribution in [-0.2, 0) is 10.2 Å². The van der Waals surface area contributed by atoms with E-state index in [2.05, 4.69) is 15.9 Å². The van der Waals surface area contributed by atoms with E-state index < -0.39 is 11.4 Å². The van der Waals surface area contributed by atoms with Crippen LogP contribution in [0.1, 0.15) is 19.4 Å². The van der Waals surface area contributed by atoms with Crippen LogP contribution in [-0.4, -0.2) is 23.3 Å². The molecule has 5 heteroatoms. The molecule has 0 spiro atoms. The summed E-state index contributed by atoms with van der Waals surface area (Å²) in [5.41, 5.74) is -0.868. The Labute approximate surface area is 102 Å². The van der Waals surface area contributed by atoms with Gasteiger partial charge in [0.25, 0.3) is 0 Å². The minimum absolute atomic E-state index is 0.141. The lowest BCUT2D eigenvalue weighted by molar-refractivity contribution is -0.142. The molecule has 1 rings (SSSR count). The van der Waals surface area contributed by atoms with E-state index in [1.54, 1.807) is 12.1 Å². The number of methoxy groups -OCH3 is 1. The van der Waals surface area contributed by atoms with Crippen molar-refractivity contribution < 1.29 is 19.7 Å². The van der Waals surface area contributed by atoms with E-state index in [9.17, 15) is 9.90 Å². The predicted octanol–water partition coefficient (Wildman–Crippen LogP) is 2.53. The topological polar surface area (TPSA) is 66.8 Å². The van der Waals surface area contributed by atoms with Crippen molar-refractivity contribution in [2.24, 2.45) is 0 Å². The van der Waals surface area contributed by atoms with Crippen LogP contribution in [0, 0.1) is 0 Å². The number of ether oxygens (including phenoxy) is 1. The highest BCUT2D eigenvalue weighted by molar-refractivity contribution is 9.10. The van der Waals surface area contributed by atoms with Crippen LogP contribution in [0.2, 0.25) is 0 Å². The second-order valence-corrected chi connectivity index (χ2v) is 4.85. The average molecular weight is 289 g/mol. The fraction of sp³-hybridized carbons (Fsp3) is 0.364. The van der Waals surface area contributed by atoms with Crippen LogP contribution in [0.3, 0.4) is 0 Å². The van der Waals surface area contributed by atoms with Crippen LogP contribution in [0.15, 0.2) is 16.6 Å². The van der Waals surface area contributed by atoms with Crippen molar-refractivity contribution in [2.45, 2.75) is 19.3 Å². The molecule has 0 unspecified atom stereocenters. The number of phenols is 1. The summed E-state index contributed by atoms with van der Waals surface area (Å²) in [7, 11) is 1.42. The highest BCUT2D eigenvalue weighted by Crippen LogP contribution is 2.40. The van der Waals surface area contributed by atoms with E-state index in [1.165, 1.54) is 21.0 Å². The van der Waals surface area contributed by atoms with Gasteiger partial charge in [-0.1, -0.05) is 15.9 Å². The van der Waals surface area contributed by atoms with Gasteiger partial charge in [0.1, 0.15) is 0 Å². The molecule has 0 aromatic heterocycles. The Kier molecular flexibility index (Phi) is 3.48. The van der Waals surface area contributed by atoms with Crippen LogP contribution < -0.4 is 4.74 Å². The zero-order valence-corrected chi connectivity index (χ0v) is 10.8. The quantitative estimate of drug-likeness (QED) is 0.897. The normalized spacial score (nSPS) is 11.2. The second kappa shape index (κ2) is 4.33. The summed E-state index contributed by atoms with van der Waals surface area (Å²) in [5.74, 6) is -0.903. The minimum Gasteiger partial charge on any atom is -0.504 e. The van der Waals surface area contributed by atoms with E-state index in [4.69, 9.17) is 9.84 Å². The molecule has 1 aromatic rings. The summed E-state index contributed by atoms with van der Waals surface area (Å²) in [6, 6.07) is 3.16. The molecule has 0 aliphatic rings. The van der Waals surface area contributed by atoms with Gasteiger partial charge in [0.15, 0.2) is 11.5 Å². The van der Waals surface area contributed by atoms with E-state index in [1.807, 2.05) is 0 Å². The maximum atomic E-state index is 11.1. The monoisotopic (exact) mass is 288 g/mol. The predicted molar refractivity (Wildman–Crippen MR) is 63.0 cm³/mol. The Morgan fingerprint density at radius 2 is 2.00 bits per heavy atom. The van der Waals surface area contributed by atoms with E-state index in [-0.39, 0.29) is 11.5 Å². The lowest BCUT2D eigenvalue weighted by atomic mass is 9.84. The molecule has 0 aliphatic carbocycles. The van der Waals surface area contributed by atoms with E-state index >= 15 is 0 Å². The number of aromatic hydroxyl groups is 1. The maximum absolute atomic E-state index is 11.1. The number of carbonyl (C=O) groups is 1. The molecule has 0 bridgehead atoms. The number of benzene rings is 1. The Hall–Kier alpha value is -1.23. The molecule has 4 nitrogen and oxygen atoms in total. The van der Waals surface area contributed by atoms with Gasteiger partial charge in [-0.3, -0.25) is 4.79 Å². The number of hydrogen-bond donors (Lipinski definition) is 2. The number of aliphatic carboxylic acids is 1. The second-order valence-electron chi connectivity index (χ2n) is 3.93. The van der Waals surface area contributed by atoms with Gasteiger partial charge in [-0.2, -0.15) is 0 Å². The molecule has 0 atom stereocenters. The Morgan fingerprint density at radius 3 is 2.44 bits per heavy atom. The summed E-state index contributed by atoms with van der Waals surface area (Å²) < 4.78 is 5.63. The van der Waals surface area contributed by atoms with Crippen molar-refractivity contribution in [3.05, 3.63) is 22.2 Å². The number of hydrogen-bond acceptors (Lipinski definition) is 3. The summed E-state index contributed by atoms with van der Waals surface area (Å²) in [6.07, 6.45) is 0. The number of carboxylic acid groups (broad SMARTS) is 1. The average Bonchev–Trinajstić information content (AvgIpc) is 2.20. The molecule has 0 radical (unpaired) electrons. The molecule has 1 aromatic carbocycles. The first-order valence-electron chi connectivity index (χ1n) is 4.61. The summed E-state index contributed by atoms with van der Waals surface area (Å²) in [5, 5.41) is 19.0. The maximum Gasteiger partial charge on any atom is 0.313 e. The van der Waals surface area contributed by atoms with Gasteiger partial charge < -0.3 is 14.9 Å². The smallest absolute Gasteiger partial charge is 0.313 e. The number of rotatable bonds is 3. The molecule has 88 valence electrons. The molecular formula is C11H13BrO4. The highest BCUT2D eigenvalue weighted by atomic mass is 79.9. The van der Waals surface area contributed by atoms with Gasteiger partial charge in [0, 0.05) is 10.0 Å². The first-order chi connectivity index (χ1) is 7.30. The van der Waals surface area contributed by atoms with Crippen molar-refractivity contribution >= 4 is 21.9 Å². The minimum atomic E-state index is -1.18. The molecule has 0 saturated heterocycles. The third kappa shape index (κ3) is 2.14. The van der Waals surface area contributed by atoms with E-state index in [0.717, 1.165) is 0 Å². The Morgan fingerprint density at radius 1 is 1.44 bits per heavy atom. The zero-order chi connectivity index (χ0) is 12.5. The third-order valence-electron chi connectivity index (χ3n) is 2.47. The van der Waals surface area contributed by atoms with Gasteiger partial charge in [-0.05, 0) is 26.0 Å². The standard InChI is InChI=1S/C11H13BrO4/c1-11(2,10(14)15)7-4-6(12)5-8(16-3)9(7)13/h4-5,13H,1-3H3,(H,14,15). The van der Waals surface area contributed by atoms with E-state index in [0.29, 0.717) is 10.0 Å². The van der Waals surface area contributed by atoms with Crippen molar-refractivity contribution in [3.63, 3.8) is 0 Å². The molecular weight excluding hydrogens is 276 g/mol. The van der Waals surface area contributed by atoms with Crippen molar-refractivity contribution in [1.29, 1.82) is 0 Å². The van der Waals surface area contributed by atoms with Crippen molar-refractivity contribution in [3.8, 4) is 11.5 Å². The zero-order valence-electron chi connectivity index (χ0n) is 9.24. The fourth-order valence-electron chi connectivity index (χ4n) is 1.32. The van der Waals surface area contributed by atoms with Gasteiger partial charge in [0.2, 0.25) is 0 Å². The molecule has 0 fully saturated rings. The summed E-state index contributed by atoms with van der Waals surface area (Å²) in [4.78, 5) is 11.1. The van der Waals surface area contributed by atoms with Crippen LogP contribution in [0.5, 0.6) is 11.5 Å². The SMILES string of the molecule is COc1cc(Br)cc(C(C)(C)C(=O)O)c1O. The van der Waals surface area contributed by atoms with Crippen molar-refractivity contribution in [1.82, 2.24) is 0 Å². The first kappa shape index (κ1) is 12.8. The van der Waals surface area contributed by atoms with Gasteiger partial charge in [-0.15, -0.1) is 0 Å². The molecule has 0 aliphatic heterocycles. The third-order valence-corrected chi connectivity index (χ3v) is 2.93. The molecule has 0 heterocycles. The molecule has 0 amide bonds. The largest absolute Gasteiger partial charge is 0.504 e.